The lowest BCUT2D eigenvalue weighted by molar-refractivity contribution is -0.130. The third kappa shape index (κ3) is 3.89. The average molecular weight is 559 g/mol. The highest BCUT2D eigenvalue weighted by atomic mass is 79.9. The third-order valence-electron chi connectivity index (χ3n) is 6.17. The van der Waals surface area contributed by atoms with E-state index >= 15 is 0 Å². The Morgan fingerprint density at radius 1 is 1.21 bits per heavy atom. The van der Waals surface area contributed by atoms with Crippen molar-refractivity contribution in [1.29, 1.82) is 0 Å². The van der Waals surface area contributed by atoms with Crippen LogP contribution in [0.25, 0.3) is 0 Å². The molecule has 3 aromatic rings. The molecule has 2 aliphatic heterocycles. The van der Waals surface area contributed by atoms with Crippen molar-refractivity contribution < 1.29 is 14.3 Å². The third-order valence-corrected chi connectivity index (χ3v) is 7.21. The van der Waals surface area contributed by atoms with Gasteiger partial charge in [-0.05, 0) is 79.8 Å². The molecule has 2 heterocycles. The Morgan fingerprint density at radius 2 is 1.97 bits per heavy atom. The van der Waals surface area contributed by atoms with Crippen LogP contribution in [0.5, 0.6) is 11.5 Å². The van der Waals surface area contributed by atoms with Crippen molar-refractivity contribution in [2.24, 2.45) is 5.92 Å². The Balaban J connectivity index is 1.63. The number of ether oxygens (including phenoxy) is 2. The summed E-state index contributed by atoms with van der Waals surface area (Å²) in [6, 6.07) is 19.9. The standard InChI is InChI=1S/C25H21BrClN3O3S/c1-25-21(23(31)28-16-8-6-15(27)7-9-16)22(19-13-18(32-2)10-11-20(19)33-25)29-24(34)30(25)17-5-3-4-14(26)12-17/h3-13,21-22H,1-2H3,(H,28,31)(H,29,34)/t21-,22+,25+/m0/s1. The topological polar surface area (TPSA) is 62.8 Å². The van der Waals surface area contributed by atoms with Gasteiger partial charge in [0.25, 0.3) is 0 Å². The van der Waals surface area contributed by atoms with Crippen molar-refractivity contribution in [2.75, 3.05) is 17.3 Å². The molecule has 6 nitrogen and oxygen atoms in total. The van der Waals surface area contributed by atoms with Crippen molar-refractivity contribution >= 4 is 62.1 Å². The van der Waals surface area contributed by atoms with E-state index in [0.717, 1.165) is 15.7 Å². The number of anilines is 2. The molecule has 3 atom stereocenters. The molecule has 0 unspecified atom stereocenters. The van der Waals surface area contributed by atoms with Gasteiger partial charge in [0.1, 0.15) is 17.4 Å². The smallest absolute Gasteiger partial charge is 0.236 e. The van der Waals surface area contributed by atoms with Crippen LogP contribution in [0.15, 0.2) is 71.2 Å². The number of halogens is 2. The van der Waals surface area contributed by atoms with Gasteiger partial charge in [-0.3, -0.25) is 9.69 Å². The number of hydrogen-bond donors (Lipinski definition) is 2. The minimum absolute atomic E-state index is 0.210. The van der Waals surface area contributed by atoms with Crippen LogP contribution in [-0.4, -0.2) is 23.9 Å². The first-order valence-corrected chi connectivity index (χ1v) is 12.2. The van der Waals surface area contributed by atoms with Crippen molar-refractivity contribution in [1.82, 2.24) is 5.32 Å². The molecule has 5 rings (SSSR count). The van der Waals surface area contributed by atoms with E-state index in [2.05, 4.69) is 26.6 Å². The second kappa shape index (κ2) is 8.76. The SMILES string of the molecule is COc1ccc2c(c1)[C@H]1NC(=S)N(c3cccc(Br)c3)[C@](C)(O2)[C@@H]1C(=O)Nc1ccc(Cl)cc1. The molecule has 1 amide bonds. The van der Waals surface area contributed by atoms with Crippen molar-refractivity contribution in [3.63, 3.8) is 0 Å². The first-order valence-electron chi connectivity index (χ1n) is 10.6. The summed E-state index contributed by atoms with van der Waals surface area (Å²) >= 11 is 15.3. The number of rotatable bonds is 4. The maximum Gasteiger partial charge on any atom is 0.236 e. The molecule has 3 aromatic carbocycles. The predicted molar refractivity (Wildman–Crippen MR) is 141 cm³/mol. The summed E-state index contributed by atoms with van der Waals surface area (Å²) in [5.74, 6) is 0.468. The number of fused-ring (bicyclic) bond motifs is 4. The summed E-state index contributed by atoms with van der Waals surface area (Å²) in [4.78, 5) is 15.7. The van der Waals surface area contributed by atoms with Gasteiger partial charge in [-0.1, -0.05) is 33.6 Å². The number of amides is 1. The fraction of sp³-hybridized carbons (Fsp3) is 0.200. The van der Waals surface area contributed by atoms with Crippen LogP contribution in [0.1, 0.15) is 18.5 Å². The molecule has 174 valence electrons. The van der Waals surface area contributed by atoms with E-state index in [1.54, 1.807) is 31.4 Å². The predicted octanol–water partition coefficient (Wildman–Crippen LogP) is 5.91. The highest BCUT2D eigenvalue weighted by Crippen LogP contribution is 2.50. The normalized spacial score (nSPS) is 22.8. The number of carbonyl (C=O) groups is 1. The van der Waals surface area contributed by atoms with Gasteiger partial charge in [0.15, 0.2) is 10.8 Å². The van der Waals surface area contributed by atoms with Crippen LogP contribution in [0.4, 0.5) is 11.4 Å². The summed E-state index contributed by atoms with van der Waals surface area (Å²) in [6.07, 6.45) is 0. The quantitative estimate of drug-likeness (QED) is 0.388. The number of hydrogen-bond acceptors (Lipinski definition) is 4. The highest BCUT2D eigenvalue weighted by Gasteiger charge is 2.59. The first-order chi connectivity index (χ1) is 16.3. The van der Waals surface area contributed by atoms with E-state index in [1.165, 1.54) is 0 Å². The lowest BCUT2D eigenvalue weighted by Gasteiger charge is -2.56. The molecule has 0 spiro atoms. The number of nitrogens with zero attached hydrogens (tertiary/aromatic N) is 1. The number of methoxy groups -OCH3 is 1. The van der Waals surface area contributed by atoms with Crippen LogP contribution in [-0.2, 0) is 4.79 Å². The van der Waals surface area contributed by atoms with E-state index in [-0.39, 0.29) is 5.91 Å². The molecule has 9 heteroatoms. The van der Waals surface area contributed by atoms with Crippen LogP contribution in [0.3, 0.4) is 0 Å². The van der Waals surface area contributed by atoms with Gasteiger partial charge in [0.2, 0.25) is 5.91 Å². The minimum atomic E-state index is -1.11. The van der Waals surface area contributed by atoms with Gasteiger partial charge in [-0.2, -0.15) is 0 Å². The Kier molecular flexibility index (Phi) is 5.91. The monoisotopic (exact) mass is 557 g/mol. The fourth-order valence-electron chi connectivity index (χ4n) is 4.65. The van der Waals surface area contributed by atoms with Gasteiger partial charge >= 0.3 is 0 Å². The summed E-state index contributed by atoms with van der Waals surface area (Å²) in [6.45, 7) is 1.90. The molecular formula is C25H21BrClN3O3S. The maximum absolute atomic E-state index is 13.8. The zero-order valence-electron chi connectivity index (χ0n) is 18.3. The van der Waals surface area contributed by atoms with E-state index in [1.807, 2.05) is 54.3 Å². The molecule has 34 heavy (non-hydrogen) atoms. The number of nitrogens with one attached hydrogen (secondary N) is 2. The molecular weight excluding hydrogens is 538 g/mol. The summed E-state index contributed by atoms with van der Waals surface area (Å²) < 4.78 is 12.9. The zero-order chi connectivity index (χ0) is 24.0. The van der Waals surface area contributed by atoms with Crippen LogP contribution in [0, 0.1) is 5.92 Å². The minimum Gasteiger partial charge on any atom is -0.497 e. The van der Waals surface area contributed by atoms with Crippen LogP contribution >= 0.6 is 39.7 Å². The zero-order valence-corrected chi connectivity index (χ0v) is 21.5. The van der Waals surface area contributed by atoms with Gasteiger partial charge in [-0.25, -0.2) is 0 Å². The second-order valence-corrected chi connectivity index (χ2v) is 10.0. The molecule has 2 N–H and O–H groups in total. The molecule has 2 aliphatic rings. The lowest BCUT2D eigenvalue weighted by atomic mass is 9.78. The first kappa shape index (κ1) is 23.0. The van der Waals surface area contributed by atoms with Crippen LogP contribution in [0.2, 0.25) is 5.02 Å². The largest absolute Gasteiger partial charge is 0.497 e. The Morgan fingerprint density at radius 3 is 2.68 bits per heavy atom. The summed E-state index contributed by atoms with van der Waals surface area (Å²) in [7, 11) is 1.61. The van der Waals surface area contributed by atoms with Crippen molar-refractivity contribution in [3.8, 4) is 11.5 Å². The molecule has 0 aliphatic carbocycles. The van der Waals surface area contributed by atoms with E-state index in [4.69, 9.17) is 33.3 Å². The maximum atomic E-state index is 13.8. The van der Waals surface area contributed by atoms with E-state index < -0.39 is 17.7 Å². The van der Waals surface area contributed by atoms with Crippen LogP contribution < -0.4 is 25.0 Å². The number of thiocarbonyl (C=S) groups is 1. The van der Waals surface area contributed by atoms with Crippen molar-refractivity contribution in [3.05, 3.63) is 81.8 Å². The molecule has 0 saturated carbocycles. The van der Waals surface area contributed by atoms with Gasteiger partial charge in [0, 0.05) is 26.4 Å². The molecule has 1 fully saturated rings. The number of carbonyl (C=O) groups excluding carboxylic acids is 1. The Hall–Kier alpha value is -2.81. The highest BCUT2D eigenvalue weighted by molar-refractivity contribution is 9.10. The van der Waals surface area contributed by atoms with Crippen molar-refractivity contribution in [2.45, 2.75) is 18.7 Å². The van der Waals surface area contributed by atoms with Gasteiger partial charge < -0.3 is 20.1 Å². The molecule has 0 aromatic heterocycles. The molecule has 2 bridgehead atoms. The van der Waals surface area contributed by atoms with Gasteiger partial charge in [0.05, 0.1) is 13.2 Å². The Bertz CT molecular complexity index is 1290. The summed E-state index contributed by atoms with van der Waals surface area (Å²) in [5.41, 5.74) is 1.15. The Labute approximate surface area is 216 Å². The number of benzene rings is 3. The van der Waals surface area contributed by atoms with E-state index in [0.29, 0.717) is 27.3 Å². The average Bonchev–Trinajstić information content (AvgIpc) is 2.80. The second-order valence-electron chi connectivity index (χ2n) is 8.28. The van der Waals surface area contributed by atoms with E-state index in [9.17, 15) is 4.79 Å². The van der Waals surface area contributed by atoms with Gasteiger partial charge in [-0.15, -0.1) is 0 Å². The lowest BCUT2D eigenvalue weighted by Crippen LogP contribution is -2.72. The molecule has 1 saturated heterocycles. The molecule has 0 radical (unpaired) electrons. The summed E-state index contributed by atoms with van der Waals surface area (Å²) in [5, 5.41) is 7.48. The fourth-order valence-corrected chi connectivity index (χ4v) is 5.57.